The molecule has 0 radical (unpaired) electrons. The van der Waals surface area contributed by atoms with Crippen molar-refractivity contribution in [2.24, 2.45) is 4.99 Å². The van der Waals surface area contributed by atoms with Crippen LogP contribution in [0.1, 0.15) is 19.4 Å². The van der Waals surface area contributed by atoms with E-state index in [2.05, 4.69) is 39.5 Å². The third-order valence-corrected chi connectivity index (χ3v) is 4.90. The predicted molar refractivity (Wildman–Crippen MR) is 108 cm³/mol. The van der Waals surface area contributed by atoms with E-state index in [1.54, 1.807) is 7.05 Å². The van der Waals surface area contributed by atoms with E-state index in [1.165, 1.54) is 0 Å². The summed E-state index contributed by atoms with van der Waals surface area (Å²) in [6.07, 6.45) is 3.91. The number of ether oxygens (including phenoxy) is 1. The largest absolute Gasteiger partial charge is 0.379 e. The summed E-state index contributed by atoms with van der Waals surface area (Å²) < 4.78 is 7.34. The van der Waals surface area contributed by atoms with Crippen molar-refractivity contribution in [3.05, 3.63) is 48.3 Å². The van der Waals surface area contributed by atoms with E-state index >= 15 is 0 Å². The van der Waals surface area contributed by atoms with Crippen LogP contribution >= 0.6 is 0 Å². The smallest absolute Gasteiger partial charge is 0.191 e. The first-order chi connectivity index (χ1) is 13.1. The molecule has 1 saturated heterocycles. The van der Waals surface area contributed by atoms with Crippen molar-refractivity contribution < 1.29 is 4.74 Å². The molecule has 1 aromatic carbocycles. The zero-order valence-corrected chi connectivity index (χ0v) is 16.5. The maximum atomic E-state index is 5.46. The van der Waals surface area contributed by atoms with Crippen molar-refractivity contribution >= 4 is 5.96 Å². The van der Waals surface area contributed by atoms with Crippen LogP contribution in [0.4, 0.5) is 0 Å². The Kier molecular flexibility index (Phi) is 6.47. The minimum atomic E-state index is 0.0413. The SMILES string of the molecule is CN=C(NCc1cnn(-c2ccccc2)c1)NCC(C)(C)N1CCOCC1. The van der Waals surface area contributed by atoms with E-state index < -0.39 is 0 Å². The van der Waals surface area contributed by atoms with Crippen LogP contribution in [0.25, 0.3) is 5.69 Å². The Hall–Kier alpha value is -2.38. The molecule has 2 N–H and O–H groups in total. The van der Waals surface area contributed by atoms with Crippen molar-refractivity contribution in [3.63, 3.8) is 0 Å². The van der Waals surface area contributed by atoms with Gasteiger partial charge in [0, 0.05) is 50.5 Å². The molecule has 1 aromatic heterocycles. The van der Waals surface area contributed by atoms with Crippen LogP contribution in [-0.2, 0) is 11.3 Å². The van der Waals surface area contributed by atoms with Crippen LogP contribution in [0.2, 0.25) is 0 Å². The number of guanidine groups is 1. The summed E-state index contributed by atoms with van der Waals surface area (Å²) in [6, 6.07) is 10.1. The van der Waals surface area contributed by atoms with Gasteiger partial charge in [0.1, 0.15) is 0 Å². The Morgan fingerprint density at radius 2 is 1.93 bits per heavy atom. The summed E-state index contributed by atoms with van der Waals surface area (Å²) in [4.78, 5) is 6.80. The molecule has 1 fully saturated rings. The third kappa shape index (κ3) is 5.30. The van der Waals surface area contributed by atoms with Gasteiger partial charge in [-0.15, -0.1) is 0 Å². The highest BCUT2D eigenvalue weighted by Crippen LogP contribution is 2.15. The van der Waals surface area contributed by atoms with Gasteiger partial charge in [-0.2, -0.15) is 5.10 Å². The molecule has 0 bridgehead atoms. The van der Waals surface area contributed by atoms with Crippen molar-refractivity contribution in [2.45, 2.75) is 25.9 Å². The fraction of sp³-hybridized carbons (Fsp3) is 0.500. The highest BCUT2D eigenvalue weighted by atomic mass is 16.5. The van der Waals surface area contributed by atoms with E-state index in [0.29, 0.717) is 6.54 Å². The quantitative estimate of drug-likeness (QED) is 0.598. The van der Waals surface area contributed by atoms with Crippen molar-refractivity contribution in [1.29, 1.82) is 0 Å². The van der Waals surface area contributed by atoms with Gasteiger partial charge in [0.15, 0.2) is 5.96 Å². The molecular weight excluding hydrogens is 340 g/mol. The monoisotopic (exact) mass is 370 g/mol. The molecule has 0 spiro atoms. The first-order valence-corrected chi connectivity index (χ1v) is 9.45. The topological polar surface area (TPSA) is 66.7 Å². The molecule has 0 atom stereocenters. The minimum Gasteiger partial charge on any atom is -0.379 e. The first kappa shape index (κ1) is 19.4. The van der Waals surface area contributed by atoms with Gasteiger partial charge in [0.05, 0.1) is 25.1 Å². The van der Waals surface area contributed by atoms with Gasteiger partial charge in [0.2, 0.25) is 0 Å². The van der Waals surface area contributed by atoms with Gasteiger partial charge in [0.25, 0.3) is 0 Å². The fourth-order valence-corrected chi connectivity index (χ4v) is 3.16. The van der Waals surface area contributed by atoms with E-state index in [4.69, 9.17) is 4.74 Å². The zero-order chi connectivity index (χ0) is 19.1. The zero-order valence-electron chi connectivity index (χ0n) is 16.5. The maximum Gasteiger partial charge on any atom is 0.191 e. The van der Waals surface area contributed by atoms with E-state index in [1.807, 2.05) is 47.4 Å². The highest BCUT2D eigenvalue weighted by Gasteiger charge is 2.28. The molecule has 7 nitrogen and oxygen atoms in total. The Bertz CT molecular complexity index is 734. The number of aromatic nitrogens is 2. The molecule has 7 heteroatoms. The summed E-state index contributed by atoms with van der Waals surface area (Å²) in [5.74, 6) is 0.795. The number of hydrogen-bond acceptors (Lipinski definition) is 4. The maximum absolute atomic E-state index is 5.46. The van der Waals surface area contributed by atoms with Crippen molar-refractivity contribution in [2.75, 3.05) is 39.9 Å². The summed E-state index contributed by atoms with van der Waals surface area (Å²) in [7, 11) is 1.80. The lowest BCUT2D eigenvalue weighted by molar-refractivity contribution is -0.00834. The lowest BCUT2D eigenvalue weighted by Crippen LogP contribution is -2.56. The van der Waals surface area contributed by atoms with Crippen LogP contribution < -0.4 is 10.6 Å². The number of para-hydroxylation sites is 1. The van der Waals surface area contributed by atoms with Crippen molar-refractivity contribution in [3.8, 4) is 5.69 Å². The molecule has 1 aliphatic rings. The second-order valence-electron chi connectivity index (χ2n) is 7.32. The molecule has 3 rings (SSSR count). The van der Waals surface area contributed by atoms with Crippen LogP contribution in [0.15, 0.2) is 47.7 Å². The number of hydrogen-bond donors (Lipinski definition) is 2. The second-order valence-corrected chi connectivity index (χ2v) is 7.32. The Labute approximate surface area is 161 Å². The average Bonchev–Trinajstić information content (AvgIpc) is 3.18. The predicted octanol–water partition coefficient (Wildman–Crippen LogP) is 1.65. The highest BCUT2D eigenvalue weighted by molar-refractivity contribution is 5.79. The fourth-order valence-electron chi connectivity index (χ4n) is 3.16. The van der Waals surface area contributed by atoms with Gasteiger partial charge in [-0.05, 0) is 26.0 Å². The third-order valence-electron chi connectivity index (χ3n) is 4.90. The molecule has 146 valence electrons. The molecule has 1 aliphatic heterocycles. The normalized spacial score (nSPS) is 16.3. The van der Waals surface area contributed by atoms with E-state index in [-0.39, 0.29) is 5.54 Å². The standard InChI is InChI=1S/C20H30N6O/c1-20(2,25-9-11-27-12-10-25)16-23-19(21-3)22-13-17-14-24-26(15-17)18-7-5-4-6-8-18/h4-8,14-15H,9-13,16H2,1-3H3,(H2,21,22,23). The number of rotatable bonds is 6. The number of benzene rings is 1. The number of morpholine rings is 1. The molecule has 0 aliphatic carbocycles. The van der Waals surface area contributed by atoms with E-state index in [9.17, 15) is 0 Å². The average molecular weight is 371 g/mol. The molecule has 27 heavy (non-hydrogen) atoms. The Morgan fingerprint density at radius 1 is 1.19 bits per heavy atom. The molecular formula is C20H30N6O. The minimum absolute atomic E-state index is 0.0413. The van der Waals surface area contributed by atoms with Gasteiger partial charge in [-0.1, -0.05) is 18.2 Å². The summed E-state index contributed by atoms with van der Waals surface area (Å²) in [6.45, 7) is 9.55. The molecule has 2 aromatic rings. The van der Waals surface area contributed by atoms with Crippen LogP contribution in [0, 0.1) is 0 Å². The Balaban J connectivity index is 1.50. The molecule has 0 saturated carbocycles. The summed E-state index contributed by atoms with van der Waals surface area (Å²) in [5, 5.41) is 11.2. The number of nitrogens with one attached hydrogen (secondary N) is 2. The molecule has 0 amide bonds. The van der Waals surface area contributed by atoms with Gasteiger partial charge < -0.3 is 15.4 Å². The van der Waals surface area contributed by atoms with Crippen LogP contribution in [-0.4, -0.2) is 66.1 Å². The Morgan fingerprint density at radius 3 is 2.63 bits per heavy atom. The lowest BCUT2D eigenvalue weighted by atomic mass is 10.0. The summed E-state index contributed by atoms with van der Waals surface area (Å²) >= 11 is 0. The number of nitrogens with zero attached hydrogens (tertiary/aromatic N) is 4. The van der Waals surface area contributed by atoms with Crippen molar-refractivity contribution in [1.82, 2.24) is 25.3 Å². The van der Waals surface area contributed by atoms with E-state index in [0.717, 1.165) is 50.1 Å². The second kappa shape index (κ2) is 9.01. The lowest BCUT2D eigenvalue weighted by Gasteiger charge is -2.41. The first-order valence-electron chi connectivity index (χ1n) is 9.45. The van der Waals surface area contributed by atoms with Crippen LogP contribution in [0.5, 0.6) is 0 Å². The molecule has 0 unspecified atom stereocenters. The van der Waals surface area contributed by atoms with Gasteiger partial charge in [-0.25, -0.2) is 4.68 Å². The number of aliphatic imine (C=N–C) groups is 1. The molecule has 2 heterocycles. The summed E-state index contributed by atoms with van der Waals surface area (Å²) in [5.41, 5.74) is 2.20. The van der Waals surface area contributed by atoms with Crippen LogP contribution in [0.3, 0.4) is 0 Å². The van der Waals surface area contributed by atoms with Gasteiger partial charge >= 0.3 is 0 Å². The van der Waals surface area contributed by atoms with Gasteiger partial charge in [-0.3, -0.25) is 9.89 Å².